The summed E-state index contributed by atoms with van der Waals surface area (Å²) in [7, 11) is 0. The molecule has 0 radical (unpaired) electrons. The second kappa shape index (κ2) is 8.11. The highest BCUT2D eigenvalue weighted by atomic mass is 16.4. The maximum atomic E-state index is 10.7. The Labute approximate surface area is 103 Å². The van der Waals surface area contributed by atoms with Crippen molar-refractivity contribution in [3.8, 4) is 0 Å². The molecule has 0 aliphatic carbocycles. The number of carboxylic acids is 1. The fourth-order valence-corrected chi connectivity index (χ4v) is 1.10. The first-order valence-electron chi connectivity index (χ1n) is 5.26. The molecule has 17 heavy (non-hydrogen) atoms. The average molecular weight is 230 g/mol. The third kappa shape index (κ3) is 5.52. The van der Waals surface area contributed by atoms with Crippen LogP contribution in [0.2, 0.25) is 0 Å². The van der Waals surface area contributed by atoms with Crippen LogP contribution in [0, 0.1) is 0 Å². The average Bonchev–Trinajstić information content (AvgIpc) is 2.30. The molecule has 0 saturated heterocycles. The quantitative estimate of drug-likeness (QED) is 0.556. The Morgan fingerprint density at radius 1 is 1.06 bits per heavy atom. The lowest BCUT2D eigenvalue weighted by atomic mass is 10.1. The van der Waals surface area contributed by atoms with E-state index in [1.807, 2.05) is 32.1 Å². The molecule has 0 aromatic heterocycles. The lowest BCUT2D eigenvalue weighted by molar-refractivity contribution is -0.132. The molecule has 2 nitrogen and oxygen atoms in total. The van der Waals surface area contributed by atoms with Crippen LogP contribution in [-0.2, 0) is 4.79 Å². The standard InChI is InChI=1S/C15H18O2/c1-5-8-9-13(6-2)12(4)10-11-14(7-3)15(16)17/h5-11H,2-3H2,1,4H3,(H,16,17)/b8-5-,12-10+,13-9+,14-11+. The van der Waals surface area contributed by atoms with Crippen molar-refractivity contribution < 1.29 is 9.90 Å². The number of rotatable bonds is 6. The van der Waals surface area contributed by atoms with Crippen LogP contribution in [-0.4, -0.2) is 11.1 Å². The first kappa shape index (κ1) is 14.9. The molecule has 0 atom stereocenters. The third-order valence-corrected chi connectivity index (χ3v) is 2.12. The van der Waals surface area contributed by atoms with Gasteiger partial charge in [0.25, 0.3) is 0 Å². The van der Waals surface area contributed by atoms with Crippen LogP contribution in [0.15, 0.2) is 72.4 Å². The van der Waals surface area contributed by atoms with Gasteiger partial charge in [0.15, 0.2) is 0 Å². The van der Waals surface area contributed by atoms with Gasteiger partial charge in [-0.2, -0.15) is 0 Å². The van der Waals surface area contributed by atoms with Crippen LogP contribution in [0.3, 0.4) is 0 Å². The molecule has 90 valence electrons. The molecule has 0 bridgehead atoms. The van der Waals surface area contributed by atoms with Crippen LogP contribution in [0.25, 0.3) is 0 Å². The topological polar surface area (TPSA) is 37.3 Å². The number of carbonyl (C=O) groups is 1. The Hall–Kier alpha value is -2.09. The van der Waals surface area contributed by atoms with Gasteiger partial charge in [-0.15, -0.1) is 0 Å². The van der Waals surface area contributed by atoms with Crippen LogP contribution < -0.4 is 0 Å². The molecule has 0 aliphatic rings. The van der Waals surface area contributed by atoms with Crippen molar-refractivity contribution in [2.75, 3.05) is 0 Å². The van der Waals surface area contributed by atoms with Crippen molar-refractivity contribution in [3.63, 3.8) is 0 Å². The maximum Gasteiger partial charge on any atom is 0.335 e. The second-order valence-corrected chi connectivity index (χ2v) is 3.33. The molecule has 0 fully saturated rings. The predicted octanol–water partition coefficient (Wildman–Crippen LogP) is 3.82. The minimum absolute atomic E-state index is 0.166. The highest BCUT2D eigenvalue weighted by Gasteiger charge is 2.00. The molecule has 0 aliphatic heterocycles. The Morgan fingerprint density at radius 3 is 2.06 bits per heavy atom. The van der Waals surface area contributed by atoms with E-state index in [0.29, 0.717) is 0 Å². The molecular formula is C15H18O2. The second-order valence-electron chi connectivity index (χ2n) is 3.33. The summed E-state index contributed by atoms with van der Waals surface area (Å²) >= 11 is 0. The van der Waals surface area contributed by atoms with Crippen molar-refractivity contribution in [2.45, 2.75) is 13.8 Å². The van der Waals surface area contributed by atoms with Crippen LogP contribution >= 0.6 is 0 Å². The van der Waals surface area contributed by atoms with Crippen molar-refractivity contribution >= 4 is 5.97 Å². The molecule has 0 rings (SSSR count). The summed E-state index contributed by atoms with van der Waals surface area (Å²) in [6.07, 6.45) is 12.0. The van der Waals surface area contributed by atoms with E-state index in [-0.39, 0.29) is 5.57 Å². The van der Waals surface area contributed by atoms with Crippen molar-refractivity contribution in [1.82, 2.24) is 0 Å². The normalized spacial score (nSPS) is 13.9. The summed E-state index contributed by atoms with van der Waals surface area (Å²) in [5.74, 6) is -0.985. The number of carboxylic acid groups (broad SMARTS) is 1. The zero-order valence-corrected chi connectivity index (χ0v) is 10.3. The third-order valence-electron chi connectivity index (χ3n) is 2.12. The summed E-state index contributed by atoms with van der Waals surface area (Å²) < 4.78 is 0. The zero-order valence-electron chi connectivity index (χ0n) is 10.3. The van der Waals surface area contributed by atoms with E-state index in [2.05, 4.69) is 13.2 Å². The van der Waals surface area contributed by atoms with E-state index in [1.165, 1.54) is 12.2 Å². The summed E-state index contributed by atoms with van der Waals surface area (Å²) in [6, 6.07) is 0. The van der Waals surface area contributed by atoms with Crippen LogP contribution in [0.5, 0.6) is 0 Å². The number of hydrogen-bond donors (Lipinski definition) is 1. The van der Waals surface area contributed by atoms with Gasteiger partial charge in [0.2, 0.25) is 0 Å². The monoisotopic (exact) mass is 230 g/mol. The largest absolute Gasteiger partial charge is 0.478 e. The van der Waals surface area contributed by atoms with E-state index < -0.39 is 5.97 Å². The van der Waals surface area contributed by atoms with E-state index in [4.69, 9.17) is 5.11 Å². The fraction of sp³-hybridized carbons (Fsp3) is 0.133. The number of hydrogen-bond acceptors (Lipinski definition) is 1. The minimum atomic E-state index is -0.985. The van der Waals surface area contributed by atoms with Crippen molar-refractivity contribution in [1.29, 1.82) is 0 Å². The predicted molar refractivity (Wildman–Crippen MR) is 72.8 cm³/mol. The zero-order chi connectivity index (χ0) is 13.3. The van der Waals surface area contributed by atoms with Gasteiger partial charge in [0, 0.05) is 0 Å². The SMILES string of the molecule is C=C\C(=C/C=C(C)/C(C=C)=C/C=C\C)C(=O)O. The van der Waals surface area contributed by atoms with Gasteiger partial charge >= 0.3 is 5.97 Å². The smallest absolute Gasteiger partial charge is 0.335 e. The van der Waals surface area contributed by atoms with Crippen LogP contribution in [0.1, 0.15) is 13.8 Å². The molecular weight excluding hydrogens is 212 g/mol. The highest BCUT2D eigenvalue weighted by Crippen LogP contribution is 2.11. The first-order chi connectivity index (χ1) is 8.06. The molecule has 1 N–H and O–H groups in total. The van der Waals surface area contributed by atoms with Gasteiger partial charge in [-0.1, -0.05) is 49.6 Å². The van der Waals surface area contributed by atoms with E-state index in [1.54, 1.807) is 12.2 Å². The first-order valence-corrected chi connectivity index (χ1v) is 5.26. The summed E-state index contributed by atoms with van der Waals surface area (Å²) in [5, 5.41) is 8.81. The molecule has 0 amide bonds. The number of aliphatic carboxylic acids is 1. The van der Waals surface area contributed by atoms with Crippen molar-refractivity contribution in [2.24, 2.45) is 0 Å². The minimum Gasteiger partial charge on any atom is -0.478 e. The molecule has 0 unspecified atom stereocenters. The molecule has 0 spiro atoms. The Morgan fingerprint density at radius 2 is 1.65 bits per heavy atom. The maximum absolute atomic E-state index is 10.7. The van der Waals surface area contributed by atoms with E-state index >= 15 is 0 Å². The summed E-state index contributed by atoms with van der Waals surface area (Å²) in [6.45, 7) is 11.0. The van der Waals surface area contributed by atoms with Gasteiger partial charge in [0.05, 0.1) is 5.57 Å². The summed E-state index contributed by atoms with van der Waals surface area (Å²) in [4.78, 5) is 10.7. The molecule has 0 aromatic rings. The number of allylic oxidation sites excluding steroid dienone is 8. The Bertz CT molecular complexity index is 418. The highest BCUT2D eigenvalue weighted by molar-refractivity contribution is 5.90. The van der Waals surface area contributed by atoms with Gasteiger partial charge in [-0.25, -0.2) is 4.79 Å². The van der Waals surface area contributed by atoms with Crippen molar-refractivity contribution in [3.05, 3.63) is 72.4 Å². The fourth-order valence-electron chi connectivity index (χ4n) is 1.10. The summed E-state index contributed by atoms with van der Waals surface area (Å²) in [5.41, 5.74) is 2.06. The van der Waals surface area contributed by atoms with E-state index in [9.17, 15) is 4.79 Å². The van der Waals surface area contributed by atoms with Crippen LogP contribution in [0.4, 0.5) is 0 Å². The lowest BCUT2D eigenvalue weighted by Crippen LogP contribution is -1.96. The van der Waals surface area contributed by atoms with Gasteiger partial charge in [-0.05, 0) is 31.1 Å². The molecule has 2 heteroatoms. The Kier molecular flexibility index (Phi) is 7.11. The van der Waals surface area contributed by atoms with Gasteiger partial charge < -0.3 is 5.11 Å². The Balaban J connectivity index is 5.14. The molecule has 0 saturated carbocycles. The van der Waals surface area contributed by atoms with Gasteiger partial charge in [0.1, 0.15) is 0 Å². The molecule has 0 aromatic carbocycles. The van der Waals surface area contributed by atoms with Gasteiger partial charge in [-0.3, -0.25) is 0 Å². The van der Waals surface area contributed by atoms with E-state index in [0.717, 1.165) is 11.1 Å². The molecule has 0 heterocycles. The lowest BCUT2D eigenvalue weighted by Gasteiger charge is -2.00.